The summed E-state index contributed by atoms with van der Waals surface area (Å²) in [5.74, 6) is -0.237. The molecule has 0 heterocycles. The molecule has 0 saturated heterocycles. The molecule has 0 spiro atoms. The standard InChI is InChI=1S/C18H26N2O3/c1-4-20(15-8-5-7-14(2)13-15)17(22)18(9-10-18)16(21)19-11-6-12-23-3/h5,7-8,13H,4,6,9-12H2,1-3H3,(H,19,21). The summed E-state index contributed by atoms with van der Waals surface area (Å²) >= 11 is 0. The lowest BCUT2D eigenvalue weighted by Crippen LogP contribution is -2.45. The monoisotopic (exact) mass is 318 g/mol. The number of aryl methyl sites for hydroxylation is 1. The molecule has 1 saturated carbocycles. The van der Waals surface area contributed by atoms with E-state index in [-0.39, 0.29) is 11.8 Å². The Balaban J connectivity index is 2.06. The first-order chi connectivity index (χ1) is 11.0. The maximum atomic E-state index is 12.9. The van der Waals surface area contributed by atoms with Gasteiger partial charge in [0.15, 0.2) is 0 Å². The molecule has 5 nitrogen and oxygen atoms in total. The van der Waals surface area contributed by atoms with Gasteiger partial charge in [0.2, 0.25) is 11.8 Å². The highest BCUT2D eigenvalue weighted by Gasteiger charge is 2.57. The zero-order valence-corrected chi connectivity index (χ0v) is 14.2. The minimum absolute atomic E-state index is 0.0881. The van der Waals surface area contributed by atoms with Crippen molar-refractivity contribution in [3.8, 4) is 0 Å². The smallest absolute Gasteiger partial charge is 0.242 e. The minimum atomic E-state index is -0.868. The highest BCUT2D eigenvalue weighted by Crippen LogP contribution is 2.48. The predicted molar refractivity (Wildman–Crippen MR) is 90.4 cm³/mol. The molecule has 5 heteroatoms. The number of hydrogen-bond donors (Lipinski definition) is 1. The third-order valence-corrected chi connectivity index (χ3v) is 4.28. The molecule has 1 aromatic carbocycles. The maximum Gasteiger partial charge on any atom is 0.242 e. The largest absolute Gasteiger partial charge is 0.385 e. The van der Waals surface area contributed by atoms with Crippen LogP contribution in [0.4, 0.5) is 5.69 Å². The second-order valence-electron chi connectivity index (χ2n) is 6.07. The molecule has 1 fully saturated rings. The highest BCUT2D eigenvalue weighted by atomic mass is 16.5. The van der Waals surface area contributed by atoms with Crippen LogP contribution in [0.25, 0.3) is 0 Å². The van der Waals surface area contributed by atoms with Gasteiger partial charge in [0.25, 0.3) is 0 Å². The number of rotatable bonds is 8. The predicted octanol–water partition coefficient (Wildman–Crippen LogP) is 2.28. The van der Waals surface area contributed by atoms with E-state index in [9.17, 15) is 9.59 Å². The molecular formula is C18H26N2O3. The van der Waals surface area contributed by atoms with Crippen LogP contribution in [0.1, 0.15) is 31.7 Å². The summed E-state index contributed by atoms with van der Waals surface area (Å²) in [4.78, 5) is 27.1. The molecule has 126 valence electrons. The Morgan fingerprint density at radius 3 is 2.65 bits per heavy atom. The van der Waals surface area contributed by atoms with Gasteiger partial charge < -0.3 is 15.0 Å². The topological polar surface area (TPSA) is 58.6 Å². The van der Waals surface area contributed by atoms with E-state index in [1.54, 1.807) is 12.0 Å². The molecule has 0 radical (unpaired) electrons. The summed E-state index contributed by atoms with van der Waals surface area (Å²) in [6, 6.07) is 7.83. The van der Waals surface area contributed by atoms with Crippen LogP contribution in [-0.2, 0) is 14.3 Å². The summed E-state index contributed by atoms with van der Waals surface area (Å²) in [6.45, 7) is 5.63. The van der Waals surface area contributed by atoms with Gasteiger partial charge in [0, 0.05) is 32.5 Å². The number of anilines is 1. The third kappa shape index (κ3) is 3.91. The summed E-state index contributed by atoms with van der Waals surface area (Å²) in [5, 5.41) is 2.88. The van der Waals surface area contributed by atoms with Gasteiger partial charge in [-0.1, -0.05) is 12.1 Å². The van der Waals surface area contributed by atoms with Crippen molar-refractivity contribution in [3.63, 3.8) is 0 Å². The Kier molecular flexibility index (Phi) is 5.77. The molecule has 1 aliphatic rings. The van der Waals surface area contributed by atoms with Crippen molar-refractivity contribution in [2.75, 3.05) is 31.7 Å². The molecule has 2 rings (SSSR count). The quantitative estimate of drug-likeness (QED) is 0.591. The number of carbonyl (C=O) groups is 2. The van der Waals surface area contributed by atoms with Crippen LogP contribution < -0.4 is 10.2 Å². The van der Waals surface area contributed by atoms with E-state index in [1.807, 2.05) is 38.1 Å². The van der Waals surface area contributed by atoms with Crippen LogP contribution in [-0.4, -0.2) is 38.6 Å². The van der Waals surface area contributed by atoms with E-state index in [2.05, 4.69) is 5.32 Å². The van der Waals surface area contributed by atoms with Crippen molar-refractivity contribution in [1.29, 1.82) is 0 Å². The van der Waals surface area contributed by atoms with Gasteiger partial charge in [-0.2, -0.15) is 0 Å². The molecule has 1 N–H and O–H groups in total. The van der Waals surface area contributed by atoms with E-state index in [4.69, 9.17) is 4.74 Å². The van der Waals surface area contributed by atoms with Crippen molar-refractivity contribution >= 4 is 17.5 Å². The van der Waals surface area contributed by atoms with Crippen molar-refractivity contribution in [1.82, 2.24) is 5.32 Å². The average molecular weight is 318 g/mol. The van der Waals surface area contributed by atoms with Gasteiger partial charge in [-0.25, -0.2) is 0 Å². The van der Waals surface area contributed by atoms with E-state index in [1.165, 1.54) is 0 Å². The van der Waals surface area contributed by atoms with Crippen LogP contribution >= 0.6 is 0 Å². The first-order valence-corrected chi connectivity index (χ1v) is 8.21. The van der Waals surface area contributed by atoms with Gasteiger partial charge in [-0.3, -0.25) is 9.59 Å². The molecule has 0 unspecified atom stereocenters. The Morgan fingerprint density at radius 2 is 2.09 bits per heavy atom. The summed E-state index contributed by atoms with van der Waals surface area (Å²) in [5.41, 5.74) is 1.09. The Bertz CT molecular complexity index is 567. The van der Waals surface area contributed by atoms with Gasteiger partial charge in [-0.05, 0) is 50.8 Å². The van der Waals surface area contributed by atoms with Crippen LogP contribution in [0.3, 0.4) is 0 Å². The first-order valence-electron chi connectivity index (χ1n) is 8.21. The Hall–Kier alpha value is -1.88. The summed E-state index contributed by atoms with van der Waals surface area (Å²) in [7, 11) is 1.63. The van der Waals surface area contributed by atoms with E-state index < -0.39 is 5.41 Å². The van der Waals surface area contributed by atoms with E-state index >= 15 is 0 Å². The second kappa shape index (κ2) is 7.59. The highest BCUT2D eigenvalue weighted by molar-refractivity contribution is 6.14. The number of ether oxygens (including phenoxy) is 1. The normalized spacial score (nSPS) is 15.1. The van der Waals surface area contributed by atoms with Crippen molar-refractivity contribution in [2.24, 2.45) is 5.41 Å². The van der Waals surface area contributed by atoms with Gasteiger partial charge in [0.05, 0.1) is 0 Å². The lowest BCUT2D eigenvalue weighted by molar-refractivity contribution is -0.135. The van der Waals surface area contributed by atoms with Crippen LogP contribution in [0.15, 0.2) is 24.3 Å². The number of nitrogens with zero attached hydrogens (tertiary/aromatic N) is 1. The molecule has 0 aromatic heterocycles. The van der Waals surface area contributed by atoms with Crippen LogP contribution in [0.2, 0.25) is 0 Å². The number of nitrogens with one attached hydrogen (secondary N) is 1. The zero-order chi connectivity index (χ0) is 16.9. The fourth-order valence-electron chi connectivity index (χ4n) is 2.75. The SMILES string of the molecule is CCN(C(=O)C1(C(=O)NCCCOC)CC1)c1cccc(C)c1. The fraction of sp³-hybridized carbons (Fsp3) is 0.556. The van der Waals surface area contributed by atoms with E-state index in [0.717, 1.165) is 17.7 Å². The van der Waals surface area contributed by atoms with Crippen molar-refractivity contribution < 1.29 is 14.3 Å². The van der Waals surface area contributed by atoms with Crippen LogP contribution in [0, 0.1) is 12.3 Å². The number of amides is 2. The lowest BCUT2D eigenvalue weighted by atomic mass is 10.0. The Labute approximate surface area is 138 Å². The van der Waals surface area contributed by atoms with Gasteiger partial charge >= 0.3 is 0 Å². The van der Waals surface area contributed by atoms with Gasteiger partial charge in [-0.15, -0.1) is 0 Å². The first kappa shape index (κ1) is 17.5. The molecule has 0 atom stereocenters. The lowest BCUT2D eigenvalue weighted by Gasteiger charge is -2.26. The fourth-order valence-corrected chi connectivity index (χ4v) is 2.75. The number of hydrogen-bond acceptors (Lipinski definition) is 3. The second-order valence-corrected chi connectivity index (χ2v) is 6.07. The number of methoxy groups -OCH3 is 1. The molecule has 0 bridgehead atoms. The number of benzene rings is 1. The summed E-state index contributed by atoms with van der Waals surface area (Å²) < 4.78 is 4.97. The number of carbonyl (C=O) groups excluding carboxylic acids is 2. The average Bonchev–Trinajstić information content (AvgIpc) is 3.34. The molecule has 23 heavy (non-hydrogen) atoms. The van der Waals surface area contributed by atoms with E-state index in [0.29, 0.717) is 32.5 Å². The Morgan fingerprint density at radius 1 is 1.35 bits per heavy atom. The van der Waals surface area contributed by atoms with Crippen molar-refractivity contribution in [3.05, 3.63) is 29.8 Å². The van der Waals surface area contributed by atoms with Gasteiger partial charge in [0.1, 0.15) is 5.41 Å². The molecule has 0 aliphatic heterocycles. The summed E-state index contributed by atoms with van der Waals surface area (Å²) in [6.07, 6.45) is 2.01. The molecule has 1 aliphatic carbocycles. The maximum absolute atomic E-state index is 12.9. The molecular weight excluding hydrogens is 292 g/mol. The minimum Gasteiger partial charge on any atom is -0.385 e. The third-order valence-electron chi connectivity index (χ3n) is 4.28. The molecule has 2 amide bonds. The molecule has 1 aromatic rings. The van der Waals surface area contributed by atoms with Crippen molar-refractivity contribution in [2.45, 2.75) is 33.1 Å². The zero-order valence-electron chi connectivity index (χ0n) is 14.2. The van der Waals surface area contributed by atoms with Crippen LogP contribution in [0.5, 0.6) is 0 Å².